The molecule has 0 bridgehead atoms. The largest absolute Gasteiger partial charge is 0.326 e. The Hall–Kier alpha value is -2.79. The number of urea groups is 1. The van der Waals surface area contributed by atoms with Crippen LogP contribution in [0.3, 0.4) is 0 Å². The first-order valence-corrected chi connectivity index (χ1v) is 13.0. The zero-order valence-corrected chi connectivity index (χ0v) is 19.7. The molecule has 8 nitrogen and oxygen atoms in total. The van der Waals surface area contributed by atoms with Crippen LogP contribution < -0.4 is 5.32 Å². The Morgan fingerprint density at radius 2 is 1.70 bits per heavy atom. The number of hydrogen-bond donors (Lipinski definition) is 1. The van der Waals surface area contributed by atoms with E-state index in [1.165, 1.54) is 20.5 Å². The Balaban J connectivity index is 1.28. The van der Waals surface area contributed by atoms with E-state index >= 15 is 0 Å². The van der Waals surface area contributed by atoms with E-state index in [9.17, 15) is 18.0 Å². The van der Waals surface area contributed by atoms with Crippen LogP contribution in [-0.2, 0) is 20.4 Å². The second kappa shape index (κ2) is 8.21. The average molecular weight is 485 g/mol. The van der Waals surface area contributed by atoms with Gasteiger partial charge in [-0.05, 0) is 40.8 Å². The molecule has 1 N–H and O–H groups in total. The van der Waals surface area contributed by atoms with Gasteiger partial charge in [-0.1, -0.05) is 42.5 Å². The fraction of sp³-hybridized carbons (Fsp3) is 0.304. The van der Waals surface area contributed by atoms with Crippen molar-refractivity contribution in [1.29, 1.82) is 0 Å². The van der Waals surface area contributed by atoms with Crippen molar-refractivity contribution < 1.29 is 18.0 Å². The van der Waals surface area contributed by atoms with Gasteiger partial charge in [0.1, 0.15) is 9.75 Å². The third kappa shape index (κ3) is 3.82. The molecule has 1 aromatic heterocycles. The van der Waals surface area contributed by atoms with Crippen LogP contribution in [0.25, 0.3) is 10.8 Å². The molecule has 2 aliphatic rings. The van der Waals surface area contributed by atoms with Crippen molar-refractivity contribution in [2.45, 2.75) is 16.7 Å². The Kier molecular flexibility index (Phi) is 5.48. The molecule has 0 aliphatic carbocycles. The van der Waals surface area contributed by atoms with E-state index in [0.29, 0.717) is 30.4 Å². The first-order valence-electron chi connectivity index (χ1n) is 10.7. The molecule has 2 fully saturated rings. The SMILES string of the molecule is C[C@]1(c2ccc3ccccc3c2)NC(=O)N(CN2CCN(S(=O)(=O)c3cccs3)CC2)C1=O. The van der Waals surface area contributed by atoms with Gasteiger partial charge < -0.3 is 5.32 Å². The highest BCUT2D eigenvalue weighted by Crippen LogP contribution is 2.31. The number of hydrogen-bond acceptors (Lipinski definition) is 6. The van der Waals surface area contributed by atoms with Crippen LogP contribution >= 0.6 is 11.3 Å². The van der Waals surface area contributed by atoms with E-state index in [-0.39, 0.29) is 12.6 Å². The Morgan fingerprint density at radius 3 is 2.39 bits per heavy atom. The number of carbonyl (C=O) groups excluding carboxylic acids is 2. The number of sulfonamides is 1. The number of imide groups is 1. The van der Waals surface area contributed by atoms with E-state index in [4.69, 9.17) is 0 Å². The van der Waals surface area contributed by atoms with Crippen LogP contribution in [0.1, 0.15) is 12.5 Å². The highest BCUT2D eigenvalue weighted by Gasteiger charge is 2.49. The molecule has 0 unspecified atom stereocenters. The molecule has 3 amide bonds. The zero-order chi connectivity index (χ0) is 23.2. The van der Waals surface area contributed by atoms with Gasteiger partial charge in [-0.25, -0.2) is 18.1 Å². The minimum atomic E-state index is -3.50. The van der Waals surface area contributed by atoms with Crippen molar-refractivity contribution >= 4 is 44.1 Å². The van der Waals surface area contributed by atoms with Crippen LogP contribution in [0.15, 0.2) is 64.2 Å². The highest BCUT2D eigenvalue weighted by molar-refractivity contribution is 7.91. The van der Waals surface area contributed by atoms with Gasteiger partial charge in [0.2, 0.25) is 0 Å². The average Bonchev–Trinajstić information content (AvgIpc) is 3.44. The predicted octanol–water partition coefficient (Wildman–Crippen LogP) is 2.63. The summed E-state index contributed by atoms with van der Waals surface area (Å²) in [6.07, 6.45) is 0. The van der Waals surface area contributed by atoms with Crippen molar-refractivity contribution in [3.8, 4) is 0 Å². The molecular weight excluding hydrogens is 460 g/mol. The first kappa shape index (κ1) is 22.0. The monoisotopic (exact) mass is 484 g/mol. The molecule has 172 valence electrons. The topological polar surface area (TPSA) is 90.0 Å². The molecule has 3 heterocycles. The number of piperazine rings is 1. The summed E-state index contributed by atoms with van der Waals surface area (Å²) in [7, 11) is -3.50. The minimum Gasteiger partial charge on any atom is -0.319 e. The third-order valence-electron chi connectivity index (χ3n) is 6.36. The molecule has 33 heavy (non-hydrogen) atoms. The van der Waals surface area contributed by atoms with Crippen LogP contribution in [0, 0.1) is 0 Å². The summed E-state index contributed by atoms with van der Waals surface area (Å²) in [6.45, 7) is 3.35. The molecule has 10 heteroatoms. The molecule has 2 aliphatic heterocycles. The summed E-state index contributed by atoms with van der Waals surface area (Å²) in [4.78, 5) is 29.2. The van der Waals surface area contributed by atoms with Gasteiger partial charge in [-0.2, -0.15) is 4.31 Å². The Labute approximate surface area is 196 Å². The van der Waals surface area contributed by atoms with Crippen LogP contribution in [-0.4, -0.2) is 67.3 Å². The number of amides is 3. The zero-order valence-electron chi connectivity index (χ0n) is 18.1. The predicted molar refractivity (Wildman–Crippen MR) is 126 cm³/mol. The number of nitrogens with one attached hydrogen (secondary N) is 1. The van der Waals surface area contributed by atoms with Gasteiger partial charge >= 0.3 is 6.03 Å². The van der Waals surface area contributed by atoms with E-state index < -0.39 is 21.6 Å². The lowest BCUT2D eigenvalue weighted by Gasteiger charge is -2.35. The van der Waals surface area contributed by atoms with Crippen LogP contribution in [0.2, 0.25) is 0 Å². The molecule has 2 aromatic carbocycles. The summed E-state index contributed by atoms with van der Waals surface area (Å²) >= 11 is 1.20. The highest BCUT2D eigenvalue weighted by atomic mass is 32.2. The first-order chi connectivity index (χ1) is 15.8. The van der Waals surface area contributed by atoms with Gasteiger partial charge in [-0.15, -0.1) is 11.3 Å². The maximum absolute atomic E-state index is 13.3. The van der Waals surface area contributed by atoms with E-state index in [1.807, 2.05) is 47.4 Å². The molecule has 0 saturated carbocycles. The number of benzene rings is 2. The quantitative estimate of drug-likeness (QED) is 0.563. The van der Waals surface area contributed by atoms with Gasteiger partial charge in [0.05, 0.1) is 6.67 Å². The number of thiophene rings is 1. The van der Waals surface area contributed by atoms with Gasteiger partial charge in [0.15, 0.2) is 0 Å². The standard InChI is InChI=1S/C23H24N4O4S2/c1-23(19-9-8-17-5-2-3-6-18(17)15-19)21(28)27(22(29)24-23)16-25-10-12-26(13-11-25)33(30,31)20-7-4-14-32-20/h2-9,14-15H,10-13,16H2,1H3,(H,24,29)/t23-/m1/s1. The fourth-order valence-corrected chi connectivity index (χ4v) is 6.94. The van der Waals surface area contributed by atoms with Gasteiger partial charge in [0, 0.05) is 26.2 Å². The lowest BCUT2D eigenvalue weighted by Crippen LogP contribution is -2.52. The van der Waals surface area contributed by atoms with Crippen molar-refractivity contribution in [2.24, 2.45) is 0 Å². The lowest BCUT2D eigenvalue weighted by molar-refractivity contribution is -0.132. The second-order valence-electron chi connectivity index (χ2n) is 8.45. The molecule has 5 rings (SSSR count). The number of nitrogens with zero attached hydrogens (tertiary/aromatic N) is 3. The molecular formula is C23H24N4O4S2. The summed E-state index contributed by atoms with van der Waals surface area (Å²) in [5.74, 6) is -0.309. The normalized spacial score (nSPS) is 22.8. The van der Waals surface area contributed by atoms with E-state index in [0.717, 1.165) is 16.3 Å². The summed E-state index contributed by atoms with van der Waals surface area (Å²) < 4.78 is 27.2. The fourth-order valence-electron chi connectivity index (χ4n) is 4.37. The molecule has 0 radical (unpaired) electrons. The van der Waals surface area contributed by atoms with Crippen LogP contribution in [0.4, 0.5) is 4.79 Å². The summed E-state index contributed by atoms with van der Waals surface area (Å²) in [6, 6.07) is 16.5. The summed E-state index contributed by atoms with van der Waals surface area (Å²) in [5, 5.41) is 6.67. The molecule has 1 atom stereocenters. The Morgan fingerprint density at radius 1 is 0.970 bits per heavy atom. The number of rotatable bonds is 5. The van der Waals surface area contributed by atoms with Crippen molar-refractivity contribution in [2.75, 3.05) is 32.8 Å². The van der Waals surface area contributed by atoms with E-state index in [2.05, 4.69) is 5.32 Å². The number of carbonyl (C=O) groups is 2. The third-order valence-corrected chi connectivity index (χ3v) is 9.64. The molecule has 0 spiro atoms. The number of fused-ring (bicyclic) bond motifs is 1. The molecule has 3 aromatic rings. The van der Waals surface area contributed by atoms with Crippen molar-refractivity contribution in [3.05, 3.63) is 65.5 Å². The van der Waals surface area contributed by atoms with Gasteiger partial charge in [0.25, 0.3) is 15.9 Å². The van der Waals surface area contributed by atoms with E-state index in [1.54, 1.807) is 24.4 Å². The van der Waals surface area contributed by atoms with Crippen molar-refractivity contribution in [3.63, 3.8) is 0 Å². The Bertz CT molecular complexity index is 1320. The maximum atomic E-state index is 13.3. The summed E-state index contributed by atoms with van der Waals surface area (Å²) in [5.41, 5.74) is -0.417. The second-order valence-corrected chi connectivity index (χ2v) is 11.6. The van der Waals surface area contributed by atoms with Crippen molar-refractivity contribution in [1.82, 2.24) is 19.4 Å². The smallest absolute Gasteiger partial charge is 0.319 e. The maximum Gasteiger partial charge on any atom is 0.326 e. The lowest BCUT2D eigenvalue weighted by atomic mass is 9.90. The van der Waals surface area contributed by atoms with Gasteiger partial charge in [-0.3, -0.25) is 9.69 Å². The minimum absolute atomic E-state index is 0.126. The van der Waals surface area contributed by atoms with Crippen LogP contribution in [0.5, 0.6) is 0 Å². The molecule has 2 saturated heterocycles.